The first-order valence-corrected chi connectivity index (χ1v) is 17.1. The van der Waals surface area contributed by atoms with E-state index in [9.17, 15) is 0 Å². The van der Waals surface area contributed by atoms with Crippen LogP contribution >= 0.6 is 0 Å². The Kier molecular flexibility index (Phi) is 5.70. The highest BCUT2D eigenvalue weighted by atomic mass is 16.3. The Balaban J connectivity index is 1.32. The lowest BCUT2D eigenvalue weighted by atomic mass is 9.84. The van der Waals surface area contributed by atoms with Crippen LogP contribution in [0.3, 0.4) is 0 Å². The average Bonchev–Trinajstić information content (AvgIpc) is 3.74. The highest BCUT2D eigenvalue weighted by Crippen LogP contribution is 2.51. The van der Waals surface area contributed by atoms with Crippen molar-refractivity contribution in [3.05, 3.63) is 170 Å². The third kappa shape index (κ3) is 3.85. The summed E-state index contributed by atoms with van der Waals surface area (Å²) < 4.78 is 13.6. The molecule has 0 saturated heterocycles. The van der Waals surface area contributed by atoms with Crippen molar-refractivity contribution in [2.45, 2.75) is 0 Å². The molecule has 0 aliphatic heterocycles. The van der Waals surface area contributed by atoms with Gasteiger partial charge in [0, 0.05) is 27.1 Å². The van der Waals surface area contributed by atoms with Gasteiger partial charge in [-0.1, -0.05) is 140 Å². The van der Waals surface area contributed by atoms with Crippen LogP contribution in [-0.2, 0) is 0 Å². The molecule has 0 atom stereocenters. The predicted molar refractivity (Wildman–Crippen MR) is 210 cm³/mol. The molecule has 2 aromatic heterocycles. The summed E-state index contributed by atoms with van der Waals surface area (Å²) in [7, 11) is 0. The van der Waals surface area contributed by atoms with E-state index in [4.69, 9.17) is 8.83 Å². The van der Waals surface area contributed by atoms with Gasteiger partial charge in [0.05, 0.1) is 5.56 Å². The summed E-state index contributed by atoms with van der Waals surface area (Å²) in [6, 6.07) is 60.8. The van der Waals surface area contributed by atoms with Crippen molar-refractivity contribution < 1.29 is 8.83 Å². The van der Waals surface area contributed by atoms with E-state index in [0.29, 0.717) is 0 Å². The van der Waals surface area contributed by atoms with Crippen LogP contribution in [0.4, 0.5) is 0 Å². The van der Waals surface area contributed by atoms with Crippen molar-refractivity contribution >= 4 is 76.2 Å². The van der Waals surface area contributed by atoms with Crippen LogP contribution in [0.15, 0.2) is 179 Å². The summed E-state index contributed by atoms with van der Waals surface area (Å²) in [5, 5.41) is 11.5. The van der Waals surface area contributed by atoms with Gasteiger partial charge in [0.1, 0.15) is 22.3 Å². The maximum Gasteiger partial charge on any atom is 0.147 e. The van der Waals surface area contributed by atoms with Crippen LogP contribution in [0.2, 0.25) is 0 Å². The first-order valence-electron chi connectivity index (χ1n) is 17.1. The van der Waals surface area contributed by atoms with Crippen LogP contribution < -0.4 is 0 Å². The zero-order valence-electron chi connectivity index (χ0n) is 27.0. The number of hydrogen-bond donors (Lipinski definition) is 0. The van der Waals surface area contributed by atoms with E-state index in [1.807, 2.05) is 12.1 Å². The molecule has 11 rings (SSSR count). The molecule has 232 valence electrons. The largest absolute Gasteiger partial charge is 0.455 e. The fraction of sp³-hybridized carbons (Fsp3) is 0. The van der Waals surface area contributed by atoms with E-state index < -0.39 is 0 Å². The molecule has 0 radical (unpaired) electrons. The second-order valence-corrected chi connectivity index (χ2v) is 13.2. The summed E-state index contributed by atoms with van der Waals surface area (Å²) in [6.07, 6.45) is 0. The van der Waals surface area contributed by atoms with Gasteiger partial charge in [0.2, 0.25) is 0 Å². The Hall–Kier alpha value is -6.64. The highest BCUT2D eigenvalue weighted by molar-refractivity contribution is 6.30. The minimum absolute atomic E-state index is 0.845. The lowest BCUT2D eigenvalue weighted by Crippen LogP contribution is -1.93. The molecule has 0 saturated carbocycles. The molecule has 2 heteroatoms. The lowest BCUT2D eigenvalue weighted by Gasteiger charge is -2.19. The molecule has 0 aliphatic rings. The molecule has 2 heterocycles. The van der Waals surface area contributed by atoms with Gasteiger partial charge < -0.3 is 8.83 Å². The maximum atomic E-state index is 6.81. The number of para-hydroxylation sites is 2. The maximum absolute atomic E-state index is 6.81. The third-order valence-electron chi connectivity index (χ3n) is 10.4. The second-order valence-electron chi connectivity index (χ2n) is 13.2. The zero-order chi connectivity index (χ0) is 32.8. The molecule has 9 aromatic carbocycles. The van der Waals surface area contributed by atoms with Gasteiger partial charge in [-0.25, -0.2) is 0 Å². The number of furan rings is 2. The quantitative estimate of drug-likeness (QED) is 0.180. The Morgan fingerprint density at radius 3 is 1.32 bits per heavy atom. The fourth-order valence-corrected chi connectivity index (χ4v) is 8.28. The second kappa shape index (κ2) is 10.4. The number of benzene rings is 9. The standard InChI is InChI=1S/C48H28O2/c1-2-14-29(15-3-1)39-27-31(26-30-16-4-5-17-32(30)39)44-35-20-6-8-22-37(35)45(38-23-9-7-21-36(38)44)46-47-40(33-18-10-12-24-42(33)49-47)28-41-34-19-11-13-25-43(34)50-48(41)46/h1-28H. The third-order valence-corrected chi connectivity index (χ3v) is 10.4. The normalized spacial score (nSPS) is 12.0. The molecule has 2 nitrogen and oxygen atoms in total. The van der Waals surface area contributed by atoms with E-state index >= 15 is 0 Å². The predicted octanol–water partition coefficient (Wildman–Crippen LogP) is 13.9. The lowest BCUT2D eigenvalue weighted by molar-refractivity contribution is 0.658. The Morgan fingerprint density at radius 1 is 0.280 bits per heavy atom. The molecular weight excluding hydrogens is 609 g/mol. The van der Waals surface area contributed by atoms with Gasteiger partial charge in [-0.2, -0.15) is 0 Å². The minimum atomic E-state index is 0.845. The molecule has 50 heavy (non-hydrogen) atoms. The van der Waals surface area contributed by atoms with Crippen LogP contribution in [0.1, 0.15) is 0 Å². The average molecular weight is 637 g/mol. The van der Waals surface area contributed by atoms with Gasteiger partial charge in [-0.05, 0) is 84.9 Å². The summed E-state index contributed by atoms with van der Waals surface area (Å²) in [5.74, 6) is 0. The van der Waals surface area contributed by atoms with Gasteiger partial charge in [-0.15, -0.1) is 0 Å². The minimum Gasteiger partial charge on any atom is -0.455 e. The monoisotopic (exact) mass is 636 g/mol. The van der Waals surface area contributed by atoms with Gasteiger partial charge in [0.25, 0.3) is 0 Å². The summed E-state index contributed by atoms with van der Waals surface area (Å²) >= 11 is 0. The summed E-state index contributed by atoms with van der Waals surface area (Å²) in [6.45, 7) is 0. The van der Waals surface area contributed by atoms with E-state index in [1.54, 1.807) is 0 Å². The number of fused-ring (bicyclic) bond motifs is 9. The topological polar surface area (TPSA) is 26.3 Å². The molecular formula is C48H28O2. The van der Waals surface area contributed by atoms with E-state index in [-0.39, 0.29) is 0 Å². The van der Waals surface area contributed by atoms with E-state index in [2.05, 4.69) is 158 Å². The first-order chi connectivity index (χ1) is 24.8. The van der Waals surface area contributed by atoms with Crippen LogP contribution in [0.5, 0.6) is 0 Å². The van der Waals surface area contributed by atoms with Crippen molar-refractivity contribution in [1.29, 1.82) is 0 Å². The molecule has 0 spiro atoms. The van der Waals surface area contributed by atoms with Crippen molar-refractivity contribution in [2.24, 2.45) is 0 Å². The Morgan fingerprint density at radius 2 is 0.740 bits per heavy atom. The summed E-state index contributed by atoms with van der Waals surface area (Å²) in [5.41, 5.74) is 10.4. The van der Waals surface area contributed by atoms with Crippen LogP contribution in [0.25, 0.3) is 110 Å². The van der Waals surface area contributed by atoms with E-state index in [1.165, 1.54) is 43.8 Å². The fourth-order valence-electron chi connectivity index (χ4n) is 8.28. The Bertz CT molecular complexity index is 3000. The SMILES string of the molecule is c1ccc(-c2cc(-c3c4ccccc4c(-c4c5oc6ccccc6c5cc5c4oc4ccccc45)c4ccccc34)cc3ccccc23)cc1. The molecule has 0 amide bonds. The van der Waals surface area contributed by atoms with Crippen molar-refractivity contribution in [2.75, 3.05) is 0 Å². The molecule has 0 N–H and O–H groups in total. The molecule has 0 aliphatic carbocycles. The van der Waals surface area contributed by atoms with E-state index in [0.717, 1.165) is 65.8 Å². The van der Waals surface area contributed by atoms with Crippen molar-refractivity contribution in [3.8, 4) is 33.4 Å². The van der Waals surface area contributed by atoms with Crippen LogP contribution in [0, 0.1) is 0 Å². The highest BCUT2D eigenvalue weighted by Gasteiger charge is 2.25. The number of hydrogen-bond acceptors (Lipinski definition) is 2. The van der Waals surface area contributed by atoms with Crippen LogP contribution in [-0.4, -0.2) is 0 Å². The first kappa shape index (κ1) is 27.3. The molecule has 11 aromatic rings. The smallest absolute Gasteiger partial charge is 0.147 e. The Labute approximate surface area is 287 Å². The van der Waals surface area contributed by atoms with Gasteiger partial charge >= 0.3 is 0 Å². The van der Waals surface area contributed by atoms with Crippen molar-refractivity contribution in [1.82, 2.24) is 0 Å². The molecule has 0 bridgehead atoms. The van der Waals surface area contributed by atoms with Gasteiger partial charge in [-0.3, -0.25) is 0 Å². The number of rotatable bonds is 3. The zero-order valence-corrected chi connectivity index (χ0v) is 27.0. The van der Waals surface area contributed by atoms with Gasteiger partial charge in [0.15, 0.2) is 0 Å². The molecule has 0 fully saturated rings. The molecule has 0 unspecified atom stereocenters. The van der Waals surface area contributed by atoms with Crippen molar-refractivity contribution in [3.63, 3.8) is 0 Å². The summed E-state index contributed by atoms with van der Waals surface area (Å²) in [4.78, 5) is 0.